The van der Waals surface area contributed by atoms with Crippen molar-refractivity contribution in [2.24, 2.45) is 0 Å². The van der Waals surface area contributed by atoms with Crippen LogP contribution < -0.4 is 14.8 Å². The molecule has 0 radical (unpaired) electrons. The minimum atomic E-state index is 0.523. The van der Waals surface area contributed by atoms with Crippen LogP contribution in [0.25, 0.3) is 0 Å². The highest BCUT2D eigenvalue weighted by Gasteiger charge is 2.07. The van der Waals surface area contributed by atoms with Gasteiger partial charge < -0.3 is 14.8 Å². The van der Waals surface area contributed by atoms with Crippen LogP contribution in [0.4, 0.5) is 5.69 Å². The molecular weight excluding hydrogens is 262 g/mol. The van der Waals surface area contributed by atoms with Gasteiger partial charge in [0, 0.05) is 12.6 Å². The topological polar surface area (TPSA) is 30.5 Å². The van der Waals surface area contributed by atoms with Crippen molar-refractivity contribution in [2.75, 3.05) is 26.1 Å². The Balaban J connectivity index is 1.94. The second-order valence-corrected chi connectivity index (χ2v) is 5.09. The van der Waals surface area contributed by atoms with Gasteiger partial charge in [-0.05, 0) is 30.0 Å². The molecule has 0 spiro atoms. The number of anilines is 1. The third-order valence-corrected chi connectivity index (χ3v) is 3.67. The molecule has 0 heterocycles. The Morgan fingerprint density at radius 2 is 1.76 bits per heavy atom. The molecule has 0 saturated heterocycles. The van der Waals surface area contributed by atoms with Crippen LogP contribution in [-0.2, 0) is 0 Å². The molecule has 0 aliphatic heterocycles. The monoisotopic (exact) mass is 285 g/mol. The summed E-state index contributed by atoms with van der Waals surface area (Å²) >= 11 is 0. The number of hydrogen-bond acceptors (Lipinski definition) is 3. The zero-order chi connectivity index (χ0) is 15.1. The van der Waals surface area contributed by atoms with Gasteiger partial charge in [0.1, 0.15) is 11.5 Å². The minimum Gasteiger partial charge on any atom is -0.497 e. The molecule has 2 rings (SSSR count). The molecule has 0 aromatic heterocycles. The summed E-state index contributed by atoms with van der Waals surface area (Å²) in [5.74, 6) is 2.19. The highest BCUT2D eigenvalue weighted by atomic mass is 16.5. The maximum Gasteiger partial charge on any atom is 0.142 e. The molecule has 0 amide bonds. The van der Waals surface area contributed by atoms with Gasteiger partial charge in [0.05, 0.1) is 19.9 Å². The number of hydrogen-bond donors (Lipinski definition) is 1. The first-order valence-electron chi connectivity index (χ1n) is 7.25. The quantitative estimate of drug-likeness (QED) is 0.822. The van der Waals surface area contributed by atoms with E-state index in [4.69, 9.17) is 9.47 Å². The second-order valence-electron chi connectivity index (χ2n) is 5.09. The van der Waals surface area contributed by atoms with Crippen molar-refractivity contribution in [1.82, 2.24) is 0 Å². The Morgan fingerprint density at radius 3 is 2.43 bits per heavy atom. The van der Waals surface area contributed by atoms with Gasteiger partial charge in [0.15, 0.2) is 0 Å². The molecule has 2 aromatic rings. The summed E-state index contributed by atoms with van der Waals surface area (Å²) in [6, 6.07) is 16.4. The lowest BCUT2D eigenvalue weighted by Gasteiger charge is -2.15. The summed E-state index contributed by atoms with van der Waals surface area (Å²) in [6.07, 6.45) is 1.06. The average Bonchev–Trinajstić information content (AvgIpc) is 2.55. The van der Waals surface area contributed by atoms with Crippen LogP contribution >= 0.6 is 0 Å². The predicted octanol–water partition coefficient (Wildman–Crippen LogP) is 4.31. The van der Waals surface area contributed by atoms with E-state index in [1.54, 1.807) is 14.2 Å². The fraction of sp³-hybridized carbons (Fsp3) is 0.333. The average molecular weight is 285 g/mol. The molecule has 1 N–H and O–H groups in total. The highest BCUT2D eigenvalue weighted by molar-refractivity contribution is 5.59. The molecular formula is C18H23NO2. The van der Waals surface area contributed by atoms with Gasteiger partial charge in [0.2, 0.25) is 0 Å². The fourth-order valence-corrected chi connectivity index (χ4v) is 2.32. The van der Waals surface area contributed by atoms with Gasteiger partial charge in [-0.25, -0.2) is 0 Å². The van der Waals surface area contributed by atoms with Crippen molar-refractivity contribution >= 4 is 5.69 Å². The molecule has 0 aliphatic rings. The van der Waals surface area contributed by atoms with Gasteiger partial charge in [-0.3, -0.25) is 0 Å². The maximum atomic E-state index is 5.37. The lowest BCUT2D eigenvalue weighted by Crippen LogP contribution is -2.07. The zero-order valence-corrected chi connectivity index (χ0v) is 12.9. The molecule has 112 valence electrons. The van der Waals surface area contributed by atoms with Crippen LogP contribution in [0.2, 0.25) is 0 Å². The third kappa shape index (κ3) is 4.15. The zero-order valence-electron chi connectivity index (χ0n) is 12.9. The van der Waals surface area contributed by atoms with E-state index in [0.717, 1.165) is 30.2 Å². The summed E-state index contributed by atoms with van der Waals surface area (Å²) in [5.41, 5.74) is 2.34. The number of benzene rings is 2. The molecule has 3 nitrogen and oxygen atoms in total. The number of nitrogens with one attached hydrogen (secondary N) is 1. The summed E-state index contributed by atoms with van der Waals surface area (Å²) in [6.45, 7) is 3.14. The maximum absolute atomic E-state index is 5.37. The van der Waals surface area contributed by atoms with Gasteiger partial charge in [-0.15, -0.1) is 0 Å². The van der Waals surface area contributed by atoms with Gasteiger partial charge >= 0.3 is 0 Å². The first-order valence-corrected chi connectivity index (χ1v) is 7.25. The van der Waals surface area contributed by atoms with Gasteiger partial charge in [-0.2, -0.15) is 0 Å². The van der Waals surface area contributed by atoms with Crippen molar-refractivity contribution < 1.29 is 9.47 Å². The van der Waals surface area contributed by atoms with Gasteiger partial charge in [0.25, 0.3) is 0 Å². The predicted molar refractivity (Wildman–Crippen MR) is 87.5 cm³/mol. The Bertz CT molecular complexity index is 554. The minimum absolute atomic E-state index is 0.523. The standard InChI is InChI=1S/C18H23NO2/c1-14(15-7-5-4-6-8-15)11-12-19-17-13-16(20-2)9-10-18(17)21-3/h4-10,13-14,19H,11-12H2,1-3H3. The van der Waals surface area contributed by atoms with Crippen LogP contribution in [0, 0.1) is 0 Å². The van der Waals surface area contributed by atoms with Crippen molar-refractivity contribution in [3.63, 3.8) is 0 Å². The molecule has 2 aromatic carbocycles. The summed E-state index contributed by atoms with van der Waals surface area (Å²) in [4.78, 5) is 0. The molecule has 21 heavy (non-hydrogen) atoms. The Hall–Kier alpha value is -2.16. The second kappa shape index (κ2) is 7.58. The number of methoxy groups -OCH3 is 2. The molecule has 0 saturated carbocycles. The summed E-state index contributed by atoms with van der Waals surface area (Å²) in [7, 11) is 3.35. The first kappa shape index (κ1) is 15.2. The van der Waals surface area contributed by atoms with Crippen LogP contribution in [0.5, 0.6) is 11.5 Å². The van der Waals surface area contributed by atoms with Crippen molar-refractivity contribution in [3.05, 3.63) is 54.1 Å². The number of ether oxygens (including phenoxy) is 2. The molecule has 1 atom stereocenters. The van der Waals surface area contributed by atoms with Crippen LogP contribution in [0.1, 0.15) is 24.8 Å². The Labute approximate surface area is 126 Å². The lowest BCUT2D eigenvalue weighted by atomic mass is 9.98. The number of rotatable bonds is 7. The largest absolute Gasteiger partial charge is 0.497 e. The van der Waals surface area contributed by atoms with Crippen molar-refractivity contribution in [3.8, 4) is 11.5 Å². The van der Waals surface area contributed by atoms with Crippen LogP contribution in [-0.4, -0.2) is 20.8 Å². The van der Waals surface area contributed by atoms with Crippen molar-refractivity contribution in [1.29, 1.82) is 0 Å². The Morgan fingerprint density at radius 1 is 1.00 bits per heavy atom. The molecule has 0 bridgehead atoms. The normalized spacial score (nSPS) is 11.8. The summed E-state index contributed by atoms with van der Waals surface area (Å²) < 4.78 is 10.6. The van der Waals surface area contributed by atoms with Crippen molar-refractivity contribution in [2.45, 2.75) is 19.3 Å². The SMILES string of the molecule is COc1ccc(OC)c(NCCC(C)c2ccccc2)c1. The lowest BCUT2D eigenvalue weighted by molar-refractivity contribution is 0.404. The molecule has 1 unspecified atom stereocenters. The molecule has 0 fully saturated rings. The Kier molecular flexibility index (Phi) is 5.50. The van der Waals surface area contributed by atoms with E-state index in [2.05, 4.69) is 42.6 Å². The van der Waals surface area contributed by atoms with Crippen LogP contribution in [0.15, 0.2) is 48.5 Å². The smallest absolute Gasteiger partial charge is 0.142 e. The van der Waals surface area contributed by atoms with E-state index in [0.29, 0.717) is 5.92 Å². The van der Waals surface area contributed by atoms with Crippen LogP contribution in [0.3, 0.4) is 0 Å². The molecule has 0 aliphatic carbocycles. The van der Waals surface area contributed by atoms with E-state index in [1.807, 2.05) is 18.2 Å². The van der Waals surface area contributed by atoms with E-state index >= 15 is 0 Å². The van der Waals surface area contributed by atoms with Gasteiger partial charge in [-0.1, -0.05) is 37.3 Å². The summed E-state index contributed by atoms with van der Waals surface area (Å²) in [5, 5.41) is 3.43. The fourth-order valence-electron chi connectivity index (χ4n) is 2.32. The van der Waals surface area contributed by atoms with E-state index in [1.165, 1.54) is 5.56 Å². The van der Waals surface area contributed by atoms with E-state index in [9.17, 15) is 0 Å². The third-order valence-electron chi connectivity index (χ3n) is 3.67. The highest BCUT2D eigenvalue weighted by Crippen LogP contribution is 2.29. The first-order chi connectivity index (χ1) is 10.2. The van der Waals surface area contributed by atoms with E-state index < -0.39 is 0 Å². The van der Waals surface area contributed by atoms with E-state index in [-0.39, 0.29) is 0 Å². The molecule has 3 heteroatoms.